The lowest BCUT2D eigenvalue weighted by Gasteiger charge is -2.21. The first-order chi connectivity index (χ1) is 6.42. The highest BCUT2D eigenvalue weighted by Gasteiger charge is 2.32. The Balaban J connectivity index is 2.43. The normalized spacial score (nSPS) is 27.4. The molecule has 2 atom stereocenters. The van der Waals surface area contributed by atoms with Gasteiger partial charge in [0.25, 0.3) is 0 Å². The van der Waals surface area contributed by atoms with Crippen LogP contribution < -0.4 is 0 Å². The molecular formula is C11H18O3. The minimum Gasteiger partial charge on any atom is -0.460 e. The van der Waals surface area contributed by atoms with E-state index in [1.165, 1.54) is 0 Å². The molecule has 1 rings (SSSR count). The first-order valence-electron chi connectivity index (χ1n) is 5.10. The van der Waals surface area contributed by atoms with Gasteiger partial charge < -0.3 is 9.53 Å². The highest BCUT2D eigenvalue weighted by Crippen LogP contribution is 2.31. The fourth-order valence-electron chi connectivity index (χ4n) is 1.74. The van der Waals surface area contributed by atoms with E-state index in [0.717, 1.165) is 19.1 Å². The number of carbonyl (C=O) groups is 2. The molecule has 0 aromatic carbocycles. The van der Waals surface area contributed by atoms with Gasteiger partial charge in [-0.3, -0.25) is 4.79 Å². The van der Waals surface area contributed by atoms with Crippen molar-refractivity contribution >= 4 is 12.3 Å². The van der Waals surface area contributed by atoms with Crippen molar-refractivity contribution in [2.75, 3.05) is 0 Å². The van der Waals surface area contributed by atoms with Crippen molar-refractivity contribution in [3.8, 4) is 0 Å². The Kier molecular flexibility index (Phi) is 3.29. The SMILES string of the molecule is CC(C)(C)OC(=O)C1CCC(C=O)C1. The van der Waals surface area contributed by atoms with Crippen LogP contribution in [0.3, 0.4) is 0 Å². The van der Waals surface area contributed by atoms with Gasteiger partial charge in [-0.25, -0.2) is 0 Å². The highest BCUT2D eigenvalue weighted by molar-refractivity contribution is 5.74. The fourth-order valence-corrected chi connectivity index (χ4v) is 1.74. The number of hydrogen-bond donors (Lipinski definition) is 0. The zero-order valence-corrected chi connectivity index (χ0v) is 9.08. The third kappa shape index (κ3) is 3.13. The van der Waals surface area contributed by atoms with Gasteiger partial charge in [0, 0.05) is 5.92 Å². The van der Waals surface area contributed by atoms with Gasteiger partial charge in [-0.15, -0.1) is 0 Å². The number of aldehydes is 1. The second-order valence-electron chi connectivity index (χ2n) is 4.94. The molecule has 1 saturated carbocycles. The van der Waals surface area contributed by atoms with Crippen LogP contribution in [-0.2, 0) is 14.3 Å². The molecule has 0 spiro atoms. The molecule has 14 heavy (non-hydrogen) atoms. The lowest BCUT2D eigenvalue weighted by atomic mass is 10.1. The van der Waals surface area contributed by atoms with Gasteiger partial charge in [-0.1, -0.05) is 0 Å². The molecule has 1 aliphatic carbocycles. The molecule has 0 heterocycles. The summed E-state index contributed by atoms with van der Waals surface area (Å²) < 4.78 is 5.26. The van der Waals surface area contributed by atoms with E-state index < -0.39 is 5.60 Å². The number of carbonyl (C=O) groups excluding carboxylic acids is 2. The molecular weight excluding hydrogens is 180 g/mol. The molecule has 0 aromatic rings. The van der Waals surface area contributed by atoms with Gasteiger partial charge in [0.1, 0.15) is 11.9 Å². The predicted octanol–water partition coefficient (Wildman–Crippen LogP) is 1.94. The van der Waals surface area contributed by atoms with E-state index in [1.54, 1.807) is 0 Å². The van der Waals surface area contributed by atoms with Crippen molar-refractivity contribution in [2.45, 2.75) is 45.6 Å². The van der Waals surface area contributed by atoms with Crippen molar-refractivity contribution < 1.29 is 14.3 Å². The van der Waals surface area contributed by atoms with Gasteiger partial charge >= 0.3 is 5.97 Å². The third-order valence-electron chi connectivity index (χ3n) is 2.41. The molecule has 0 aliphatic heterocycles. The Labute approximate surface area is 84.8 Å². The molecule has 1 aliphatic rings. The predicted molar refractivity (Wildman–Crippen MR) is 52.7 cm³/mol. The first-order valence-corrected chi connectivity index (χ1v) is 5.10. The number of hydrogen-bond acceptors (Lipinski definition) is 3. The van der Waals surface area contributed by atoms with Gasteiger partial charge in [0.2, 0.25) is 0 Å². The average molecular weight is 198 g/mol. The molecule has 0 bridgehead atoms. The van der Waals surface area contributed by atoms with Gasteiger partial charge in [0.05, 0.1) is 5.92 Å². The molecule has 0 N–H and O–H groups in total. The molecule has 0 aromatic heterocycles. The van der Waals surface area contributed by atoms with Crippen LogP contribution in [-0.4, -0.2) is 17.9 Å². The summed E-state index contributed by atoms with van der Waals surface area (Å²) >= 11 is 0. The van der Waals surface area contributed by atoms with E-state index in [0.29, 0.717) is 6.42 Å². The molecule has 1 fully saturated rings. The summed E-state index contributed by atoms with van der Waals surface area (Å²) in [6.07, 6.45) is 3.23. The summed E-state index contributed by atoms with van der Waals surface area (Å²) in [7, 11) is 0. The maximum atomic E-state index is 11.6. The highest BCUT2D eigenvalue weighted by atomic mass is 16.6. The molecule has 0 saturated heterocycles. The van der Waals surface area contributed by atoms with Crippen molar-refractivity contribution in [3.05, 3.63) is 0 Å². The minimum atomic E-state index is -0.420. The quantitative estimate of drug-likeness (QED) is 0.503. The van der Waals surface area contributed by atoms with E-state index >= 15 is 0 Å². The number of rotatable bonds is 2. The smallest absolute Gasteiger partial charge is 0.309 e. The van der Waals surface area contributed by atoms with Crippen molar-refractivity contribution in [1.29, 1.82) is 0 Å². The number of esters is 1. The lowest BCUT2D eigenvalue weighted by Crippen LogP contribution is -2.27. The third-order valence-corrected chi connectivity index (χ3v) is 2.41. The van der Waals surface area contributed by atoms with E-state index in [-0.39, 0.29) is 17.8 Å². The Morgan fingerprint density at radius 3 is 2.43 bits per heavy atom. The van der Waals surface area contributed by atoms with Crippen LogP contribution in [0.15, 0.2) is 0 Å². The summed E-state index contributed by atoms with van der Waals surface area (Å²) in [6, 6.07) is 0. The summed E-state index contributed by atoms with van der Waals surface area (Å²) in [5.41, 5.74) is -0.420. The second-order valence-corrected chi connectivity index (χ2v) is 4.94. The van der Waals surface area contributed by atoms with Crippen LogP contribution in [0.25, 0.3) is 0 Å². The molecule has 3 nitrogen and oxygen atoms in total. The van der Waals surface area contributed by atoms with Crippen LogP contribution in [0.4, 0.5) is 0 Å². The molecule has 80 valence electrons. The Hall–Kier alpha value is -0.860. The van der Waals surface area contributed by atoms with Crippen LogP contribution in [0.5, 0.6) is 0 Å². The lowest BCUT2D eigenvalue weighted by molar-refractivity contribution is -0.159. The Bertz CT molecular complexity index is 227. The minimum absolute atomic E-state index is 0.0625. The van der Waals surface area contributed by atoms with E-state index in [9.17, 15) is 9.59 Å². The second kappa shape index (κ2) is 4.11. The molecule has 0 radical (unpaired) electrons. The summed E-state index contributed by atoms with van der Waals surface area (Å²) in [4.78, 5) is 22.1. The van der Waals surface area contributed by atoms with Crippen molar-refractivity contribution in [2.24, 2.45) is 11.8 Å². The standard InChI is InChI=1S/C11H18O3/c1-11(2,3)14-10(13)9-5-4-8(6-9)7-12/h7-9H,4-6H2,1-3H3. The monoisotopic (exact) mass is 198 g/mol. The Morgan fingerprint density at radius 2 is 2.00 bits per heavy atom. The van der Waals surface area contributed by atoms with Crippen molar-refractivity contribution in [1.82, 2.24) is 0 Å². The maximum absolute atomic E-state index is 11.6. The van der Waals surface area contributed by atoms with Crippen molar-refractivity contribution in [3.63, 3.8) is 0 Å². The first kappa shape index (κ1) is 11.2. The summed E-state index contributed by atoms with van der Waals surface area (Å²) in [5.74, 6) is -0.154. The summed E-state index contributed by atoms with van der Waals surface area (Å²) in [5, 5.41) is 0. The average Bonchev–Trinajstić information content (AvgIpc) is 2.48. The van der Waals surface area contributed by atoms with Gasteiger partial charge in [0.15, 0.2) is 0 Å². The van der Waals surface area contributed by atoms with E-state index in [2.05, 4.69) is 0 Å². The zero-order valence-electron chi connectivity index (χ0n) is 9.08. The molecule has 0 amide bonds. The van der Waals surface area contributed by atoms with Crippen LogP contribution >= 0.6 is 0 Å². The number of ether oxygens (including phenoxy) is 1. The zero-order chi connectivity index (χ0) is 10.8. The topological polar surface area (TPSA) is 43.4 Å². The molecule has 2 unspecified atom stereocenters. The Morgan fingerprint density at radius 1 is 1.36 bits per heavy atom. The van der Waals surface area contributed by atoms with Crippen LogP contribution in [0, 0.1) is 11.8 Å². The van der Waals surface area contributed by atoms with Crippen LogP contribution in [0.1, 0.15) is 40.0 Å². The fraction of sp³-hybridized carbons (Fsp3) is 0.818. The van der Waals surface area contributed by atoms with E-state index in [1.807, 2.05) is 20.8 Å². The summed E-state index contributed by atoms with van der Waals surface area (Å²) in [6.45, 7) is 5.57. The van der Waals surface area contributed by atoms with Crippen LogP contribution in [0.2, 0.25) is 0 Å². The van der Waals surface area contributed by atoms with Gasteiger partial charge in [-0.05, 0) is 40.0 Å². The largest absolute Gasteiger partial charge is 0.460 e. The van der Waals surface area contributed by atoms with E-state index in [4.69, 9.17) is 4.74 Å². The van der Waals surface area contributed by atoms with Gasteiger partial charge in [-0.2, -0.15) is 0 Å². The maximum Gasteiger partial charge on any atom is 0.309 e. The molecule has 3 heteroatoms.